The molecule has 10 heteroatoms. The number of nitrogens with one attached hydrogen (secondary N) is 3. The van der Waals surface area contributed by atoms with Gasteiger partial charge in [0.2, 0.25) is 11.8 Å². The van der Waals surface area contributed by atoms with E-state index in [-0.39, 0.29) is 23.8 Å². The zero-order valence-corrected chi connectivity index (χ0v) is 25.6. The summed E-state index contributed by atoms with van der Waals surface area (Å²) < 4.78 is 6.07. The molecule has 43 heavy (non-hydrogen) atoms. The van der Waals surface area contributed by atoms with E-state index < -0.39 is 12.1 Å². The summed E-state index contributed by atoms with van der Waals surface area (Å²) in [6.07, 6.45) is 5.93. The Labute approximate surface area is 253 Å². The van der Waals surface area contributed by atoms with Gasteiger partial charge < -0.3 is 20.3 Å². The smallest absolute Gasteiger partial charge is 0.341 e. The standard InChI is InChI=1S/C33H42N6O4/c1-22-9-11-26(12-10-22)31-29(19-27(21-43-31)33(3,4)5)36-38-37-32(42)35-28-8-6-7-25(18-28)17-24-13-15-39(16-14-24)30(41)20-34-23(2)40/h6-12,18-19,21,24,31H,13-17,20H2,1-5H3,(H,34,40)(H2,35,36,37,42). The summed E-state index contributed by atoms with van der Waals surface area (Å²) in [5, 5.41) is 13.7. The van der Waals surface area contributed by atoms with Crippen molar-refractivity contribution >= 4 is 23.5 Å². The highest BCUT2D eigenvalue weighted by molar-refractivity contribution is 5.89. The predicted molar refractivity (Wildman–Crippen MR) is 166 cm³/mol. The molecule has 2 aliphatic heterocycles. The third-order valence-electron chi connectivity index (χ3n) is 7.63. The summed E-state index contributed by atoms with van der Waals surface area (Å²) in [4.78, 5) is 37.8. The van der Waals surface area contributed by atoms with Crippen LogP contribution in [0.5, 0.6) is 0 Å². The topological polar surface area (TPSA) is 124 Å². The van der Waals surface area contributed by atoms with Crippen LogP contribution in [0.4, 0.5) is 10.5 Å². The van der Waals surface area contributed by atoms with Crippen molar-refractivity contribution in [1.29, 1.82) is 0 Å². The van der Waals surface area contributed by atoms with E-state index in [1.54, 1.807) is 6.26 Å². The van der Waals surface area contributed by atoms with Crippen LogP contribution in [0.25, 0.3) is 0 Å². The average Bonchev–Trinajstić information content (AvgIpc) is 2.96. The van der Waals surface area contributed by atoms with Gasteiger partial charge >= 0.3 is 6.03 Å². The van der Waals surface area contributed by atoms with E-state index in [9.17, 15) is 14.4 Å². The molecule has 1 unspecified atom stereocenters. The molecule has 2 heterocycles. The Hall–Kier alpha value is -4.47. The number of carbonyl (C=O) groups is 3. The van der Waals surface area contributed by atoms with Crippen molar-refractivity contribution in [3.63, 3.8) is 0 Å². The van der Waals surface area contributed by atoms with E-state index in [1.165, 1.54) is 6.92 Å². The Morgan fingerprint density at radius 3 is 2.44 bits per heavy atom. The van der Waals surface area contributed by atoms with Crippen LogP contribution in [0, 0.1) is 18.3 Å². The third kappa shape index (κ3) is 9.26. The number of piperidine rings is 1. The normalized spacial score (nSPS) is 17.5. The van der Waals surface area contributed by atoms with Crippen molar-refractivity contribution < 1.29 is 19.1 Å². The number of amides is 4. The van der Waals surface area contributed by atoms with Gasteiger partial charge in [0.15, 0.2) is 6.10 Å². The fourth-order valence-electron chi connectivity index (χ4n) is 5.04. The maximum Gasteiger partial charge on any atom is 0.341 e. The van der Waals surface area contributed by atoms with Crippen molar-refractivity contribution in [2.75, 3.05) is 25.0 Å². The predicted octanol–water partition coefficient (Wildman–Crippen LogP) is 5.99. The zero-order chi connectivity index (χ0) is 31.0. The molecule has 1 atom stereocenters. The van der Waals surface area contributed by atoms with Crippen LogP contribution in [-0.2, 0) is 20.7 Å². The second-order valence-corrected chi connectivity index (χ2v) is 12.2. The minimum absolute atomic E-state index is 0.0447. The molecule has 10 nitrogen and oxygen atoms in total. The largest absolute Gasteiger partial charge is 0.487 e. The first-order valence-electron chi connectivity index (χ1n) is 14.7. The number of nitrogens with zero attached hydrogens (tertiary/aromatic N) is 3. The zero-order valence-electron chi connectivity index (χ0n) is 25.6. The molecule has 3 N–H and O–H groups in total. The molecule has 2 aromatic rings. The number of rotatable bonds is 8. The van der Waals surface area contributed by atoms with Crippen LogP contribution in [0.3, 0.4) is 0 Å². The van der Waals surface area contributed by atoms with Crippen LogP contribution < -0.4 is 16.1 Å². The monoisotopic (exact) mass is 586 g/mol. The molecule has 2 aromatic carbocycles. The van der Waals surface area contributed by atoms with E-state index in [0.717, 1.165) is 41.5 Å². The molecule has 0 radical (unpaired) electrons. The van der Waals surface area contributed by atoms with Crippen molar-refractivity contribution in [2.45, 2.75) is 60.0 Å². The van der Waals surface area contributed by atoms with E-state index in [2.05, 4.69) is 47.2 Å². The molecule has 0 saturated carbocycles. The second-order valence-electron chi connectivity index (χ2n) is 12.2. The molecule has 0 aromatic heterocycles. The summed E-state index contributed by atoms with van der Waals surface area (Å²) in [5.41, 5.74) is 7.77. The summed E-state index contributed by atoms with van der Waals surface area (Å²) in [6, 6.07) is 15.3. The van der Waals surface area contributed by atoms with Gasteiger partial charge in [-0.1, -0.05) is 68.0 Å². The number of urea groups is 1. The van der Waals surface area contributed by atoms with Gasteiger partial charge in [0.05, 0.1) is 12.8 Å². The first-order valence-corrected chi connectivity index (χ1v) is 14.7. The van der Waals surface area contributed by atoms with Gasteiger partial charge in [-0.3, -0.25) is 9.59 Å². The number of allylic oxidation sites excluding steroid dienone is 2. The maximum absolute atomic E-state index is 12.7. The van der Waals surface area contributed by atoms with Gasteiger partial charge in [0.25, 0.3) is 0 Å². The fourth-order valence-corrected chi connectivity index (χ4v) is 5.04. The van der Waals surface area contributed by atoms with E-state index in [4.69, 9.17) is 4.74 Å². The quantitative estimate of drug-likeness (QED) is 0.260. The fraction of sp³-hybridized carbons (Fsp3) is 0.424. The van der Waals surface area contributed by atoms with E-state index in [0.29, 0.717) is 30.4 Å². The van der Waals surface area contributed by atoms with Gasteiger partial charge in [-0.05, 0) is 72.4 Å². The van der Waals surface area contributed by atoms with Crippen LogP contribution in [0.2, 0.25) is 0 Å². The first kappa shape index (κ1) is 31.5. The summed E-state index contributed by atoms with van der Waals surface area (Å²) in [6.45, 7) is 11.1. The van der Waals surface area contributed by atoms with Crippen LogP contribution in [0.15, 0.2) is 82.5 Å². The summed E-state index contributed by atoms with van der Waals surface area (Å²) >= 11 is 0. The first-order chi connectivity index (χ1) is 20.5. The number of ether oxygens (including phenoxy) is 1. The molecular weight excluding hydrogens is 544 g/mol. The van der Waals surface area contributed by atoms with Gasteiger partial charge in [0.1, 0.15) is 5.70 Å². The van der Waals surface area contributed by atoms with E-state index in [1.807, 2.05) is 66.4 Å². The lowest BCUT2D eigenvalue weighted by molar-refractivity contribution is -0.133. The second kappa shape index (κ2) is 14.1. The van der Waals surface area contributed by atoms with E-state index >= 15 is 0 Å². The Balaban J connectivity index is 1.31. The lowest BCUT2D eigenvalue weighted by Crippen LogP contribution is -2.44. The molecule has 0 aliphatic carbocycles. The molecule has 2 aliphatic rings. The minimum atomic E-state index is -0.498. The van der Waals surface area contributed by atoms with Gasteiger partial charge in [-0.25, -0.2) is 10.2 Å². The van der Waals surface area contributed by atoms with Gasteiger partial charge in [-0.15, -0.1) is 5.11 Å². The lowest BCUT2D eigenvalue weighted by Gasteiger charge is -2.32. The molecule has 1 saturated heterocycles. The van der Waals surface area contributed by atoms with Crippen molar-refractivity contribution in [3.05, 3.63) is 88.8 Å². The number of benzene rings is 2. The molecule has 0 bridgehead atoms. The Bertz CT molecular complexity index is 1400. The Morgan fingerprint density at radius 2 is 1.77 bits per heavy atom. The van der Waals surface area contributed by atoms with Gasteiger partial charge in [-0.2, -0.15) is 0 Å². The van der Waals surface area contributed by atoms with Crippen LogP contribution in [0.1, 0.15) is 63.3 Å². The number of aryl methyl sites for hydroxylation is 1. The van der Waals surface area contributed by atoms with Crippen molar-refractivity contribution in [2.24, 2.45) is 21.7 Å². The third-order valence-corrected chi connectivity index (χ3v) is 7.63. The molecule has 228 valence electrons. The SMILES string of the molecule is CC(=O)NCC(=O)N1CCC(Cc2cccc(NC(=O)NN=NC3=CC(C(C)(C)C)=COC3c3ccc(C)cc3)c2)CC1. The van der Waals surface area contributed by atoms with Gasteiger partial charge in [0, 0.05) is 25.7 Å². The number of hydrogen-bond acceptors (Lipinski definition) is 6. The van der Waals surface area contributed by atoms with Crippen molar-refractivity contribution in [3.8, 4) is 0 Å². The molecule has 0 spiro atoms. The molecule has 4 amide bonds. The maximum atomic E-state index is 12.7. The molecule has 1 fully saturated rings. The summed E-state index contributed by atoms with van der Waals surface area (Å²) in [7, 11) is 0. The lowest BCUT2D eigenvalue weighted by atomic mass is 9.85. The average molecular weight is 587 g/mol. The Kier molecular flexibility index (Phi) is 10.3. The molecular formula is C33H42N6O4. The highest BCUT2D eigenvalue weighted by Crippen LogP contribution is 2.37. The number of hydrogen-bond donors (Lipinski definition) is 3. The van der Waals surface area contributed by atoms with Crippen molar-refractivity contribution in [1.82, 2.24) is 15.6 Å². The number of carbonyl (C=O) groups excluding carboxylic acids is 3. The highest BCUT2D eigenvalue weighted by Gasteiger charge is 2.27. The number of anilines is 1. The number of likely N-dealkylation sites (tertiary alicyclic amines) is 1. The molecule has 4 rings (SSSR count). The Morgan fingerprint density at radius 1 is 1.05 bits per heavy atom. The highest BCUT2D eigenvalue weighted by atomic mass is 16.5. The summed E-state index contributed by atoms with van der Waals surface area (Å²) in [5.74, 6) is 0.179. The van der Waals surface area contributed by atoms with Crippen LogP contribution >= 0.6 is 0 Å². The minimum Gasteiger partial charge on any atom is -0.487 e. The van der Waals surface area contributed by atoms with Crippen LogP contribution in [-0.4, -0.2) is 42.4 Å².